The number of aryl methyl sites for hydroxylation is 2. The largest absolute Gasteiger partial charge is 0.477 e. The molecule has 160 valence electrons. The van der Waals surface area contributed by atoms with Gasteiger partial charge in [0.2, 0.25) is 5.88 Å². The summed E-state index contributed by atoms with van der Waals surface area (Å²) in [4.78, 5) is 21.6. The van der Waals surface area contributed by atoms with Crippen molar-refractivity contribution in [2.45, 2.75) is 26.7 Å². The van der Waals surface area contributed by atoms with E-state index in [0.717, 1.165) is 39.1 Å². The van der Waals surface area contributed by atoms with Gasteiger partial charge in [-0.1, -0.05) is 12.1 Å². The Kier molecular flexibility index (Phi) is 6.53. The van der Waals surface area contributed by atoms with E-state index in [1.54, 1.807) is 18.3 Å². The zero-order valence-corrected chi connectivity index (χ0v) is 18.0. The standard InChI is InChI=1S/C24H31N3O3/c1-18-3-4-19(2)22(15-18)26-9-11-27(12-10-26)24(28)21-5-8-25-23(16-21)30-17-20-6-13-29-14-7-20/h3-5,8,15-16,20H,6-7,9-14,17H2,1-2H3. The van der Waals surface area contributed by atoms with Gasteiger partial charge in [0, 0.05) is 62.9 Å². The van der Waals surface area contributed by atoms with E-state index >= 15 is 0 Å². The third kappa shape index (κ3) is 4.93. The molecule has 2 aliphatic rings. The normalized spacial score (nSPS) is 17.8. The number of carbonyl (C=O) groups is 1. The van der Waals surface area contributed by atoms with Crippen LogP contribution in [0.5, 0.6) is 5.88 Å². The van der Waals surface area contributed by atoms with Gasteiger partial charge in [0.25, 0.3) is 5.91 Å². The molecule has 0 atom stereocenters. The average Bonchev–Trinajstić information content (AvgIpc) is 2.80. The highest BCUT2D eigenvalue weighted by Gasteiger charge is 2.24. The SMILES string of the molecule is Cc1ccc(C)c(N2CCN(C(=O)c3ccnc(OCC4CCOCC4)c3)CC2)c1. The number of hydrogen-bond acceptors (Lipinski definition) is 5. The van der Waals surface area contributed by atoms with Gasteiger partial charge in [0.05, 0.1) is 6.61 Å². The second kappa shape index (κ2) is 9.47. The lowest BCUT2D eigenvalue weighted by atomic mass is 10.0. The summed E-state index contributed by atoms with van der Waals surface area (Å²) in [5.74, 6) is 1.08. The maximum absolute atomic E-state index is 13.0. The van der Waals surface area contributed by atoms with Gasteiger partial charge in [0.1, 0.15) is 0 Å². The first kappa shape index (κ1) is 20.7. The molecule has 0 unspecified atom stereocenters. The fourth-order valence-corrected chi connectivity index (χ4v) is 4.13. The van der Waals surface area contributed by atoms with Crippen molar-refractivity contribution in [3.8, 4) is 5.88 Å². The van der Waals surface area contributed by atoms with Crippen molar-refractivity contribution >= 4 is 11.6 Å². The number of hydrogen-bond donors (Lipinski definition) is 0. The topological polar surface area (TPSA) is 54.9 Å². The Morgan fingerprint density at radius 2 is 1.87 bits per heavy atom. The Hall–Kier alpha value is -2.60. The molecule has 0 radical (unpaired) electrons. The van der Waals surface area contributed by atoms with Crippen LogP contribution in [0.4, 0.5) is 5.69 Å². The fraction of sp³-hybridized carbons (Fsp3) is 0.500. The summed E-state index contributed by atoms with van der Waals surface area (Å²) >= 11 is 0. The van der Waals surface area contributed by atoms with E-state index in [-0.39, 0.29) is 5.91 Å². The Morgan fingerprint density at radius 3 is 2.63 bits per heavy atom. The molecule has 1 aromatic carbocycles. The lowest BCUT2D eigenvalue weighted by molar-refractivity contribution is 0.0490. The van der Waals surface area contributed by atoms with E-state index in [9.17, 15) is 4.79 Å². The van der Waals surface area contributed by atoms with Crippen molar-refractivity contribution in [2.24, 2.45) is 5.92 Å². The molecule has 2 aliphatic heterocycles. The van der Waals surface area contributed by atoms with E-state index in [1.807, 2.05) is 4.90 Å². The molecule has 1 aromatic heterocycles. The predicted octanol–water partition coefficient (Wildman–Crippen LogP) is 3.47. The van der Waals surface area contributed by atoms with Gasteiger partial charge in [-0.25, -0.2) is 4.98 Å². The minimum atomic E-state index is 0.0499. The maximum Gasteiger partial charge on any atom is 0.254 e. The van der Waals surface area contributed by atoms with Gasteiger partial charge < -0.3 is 19.3 Å². The van der Waals surface area contributed by atoms with Crippen LogP contribution in [-0.4, -0.2) is 61.8 Å². The number of nitrogens with zero attached hydrogens (tertiary/aromatic N) is 3. The van der Waals surface area contributed by atoms with Crippen molar-refractivity contribution in [1.82, 2.24) is 9.88 Å². The lowest BCUT2D eigenvalue weighted by Gasteiger charge is -2.37. The molecule has 6 nitrogen and oxygen atoms in total. The van der Waals surface area contributed by atoms with Crippen LogP contribution in [0.25, 0.3) is 0 Å². The highest BCUT2D eigenvalue weighted by Crippen LogP contribution is 2.24. The summed E-state index contributed by atoms with van der Waals surface area (Å²) in [5, 5.41) is 0. The van der Waals surface area contributed by atoms with Crippen molar-refractivity contribution in [3.05, 3.63) is 53.2 Å². The van der Waals surface area contributed by atoms with E-state index in [0.29, 0.717) is 37.1 Å². The molecule has 2 saturated heterocycles. The third-order valence-electron chi connectivity index (χ3n) is 6.06. The number of carbonyl (C=O) groups excluding carboxylic acids is 1. The maximum atomic E-state index is 13.0. The molecule has 0 aliphatic carbocycles. The molecule has 6 heteroatoms. The van der Waals surface area contributed by atoms with Gasteiger partial charge in [0.15, 0.2) is 0 Å². The van der Waals surface area contributed by atoms with E-state index in [2.05, 4.69) is 41.9 Å². The number of aromatic nitrogens is 1. The van der Waals surface area contributed by atoms with Crippen molar-refractivity contribution in [3.63, 3.8) is 0 Å². The summed E-state index contributed by atoms with van der Waals surface area (Å²) in [6, 6.07) is 10.1. The summed E-state index contributed by atoms with van der Waals surface area (Å²) in [5.41, 5.74) is 4.46. The van der Waals surface area contributed by atoms with Crippen molar-refractivity contribution < 1.29 is 14.3 Å². The molecule has 0 bridgehead atoms. The lowest BCUT2D eigenvalue weighted by Crippen LogP contribution is -2.49. The van der Waals surface area contributed by atoms with Crippen LogP contribution in [-0.2, 0) is 4.74 Å². The third-order valence-corrected chi connectivity index (χ3v) is 6.06. The number of amides is 1. The molecule has 4 rings (SSSR count). The first-order valence-corrected chi connectivity index (χ1v) is 10.9. The summed E-state index contributed by atoms with van der Waals surface area (Å²) in [6.45, 7) is 9.60. The molecule has 1 amide bonds. The molecule has 0 saturated carbocycles. The highest BCUT2D eigenvalue weighted by atomic mass is 16.5. The van der Waals surface area contributed by atoms with Gasteiger partial charge in [-0.15, -0.1) is 0 Å². The summed E-state index contributed by atoms with van der Waals surface area (Å²) in [7, 11) is 0. The molecule has 2 aromatic rings. The number of benzene rings is 1. The quantitative estimate of drug-likeness (QED) is 0.757. The second-order valence-electron chi connectivity index (χ2n) is 8.32. The van der Waals surface area contributed by atoms with Crippen LogP contribution in [0.15, 0.2) is 36.5 Å². The zero-order chi connectivity index (χ0) is 20.9. The van der Waals surface area contributed by atoms with Gasteiger partial charge >= 0.3 is 0 Å². The minimum Gasteiger partial charge on any atom is -0.477 e. The Labute approximate surface area is 178 Å². The molecule has 0 spiro atoms. The van der Waals surface area contributed by atoms with Gasteiger partial charge in [-0.3, -0.25) is 4.79 Å². The monoisotopic (exact) mass is 409 g/mol. The van der Waals surface area contributed by atoms with Crippen LogP contribution in [0.1, 0.15) is 34.3 Å². The molecular weight excluding hydrogens is 378 g/mol. The van der Waals surface area contributed by atoms with Gasteiger partial charge in [-0.2, -0.15) is 0 Å². The van der Waals surface area contributed by atoms with Crippen LogP contribution in [0, 0.1) is 19.8 Å². The predicted molar refractivity (Wildman–Crippen MR) is 117 cm³/mol. The summed E-state index contributed by atoms with van der Waals surface area (Å²) in [6.07, 6.45) is 3.70. The van der Waals surface area contributed by atoms with Crippen LogP contribution in [0.2, 0.25) is 0 Å². The molecule has 30 heavy (non-hydrogen) atoms. The van der Waals surface area contributed by atoms with Crippen LogP contribution >= 0.6 is 0 Å². The molecule has 2 fully saturated rings. The zero-order valence-electron chi connectivity index (χ0n) is 18.0. The Morgan fingerprint density at radius 1 is 1.10 bits per heavy atom. The highest BCUT2D eigenvalue weighted by molar-refractivity contribution is 5.94. The van der Waals surface area contributed by atoms with E-state index in [1.165, 1.54) is 16.8 Å². The van der Waals surface area contributed by atoms with Crippen molar-refractivity contribution in [1.29, 1.82) is 0 Å². The first-order valence-electron chi connectivity index (χ1n) is 10.9. The first-order chi connectivity index (χ1) is 14.6. The van der Waals surface area contributed by atoms with Crippen LogP contribution < -0.4 is 9.64 Å². The molecule has 3 heterocycles. The fourth-order valence-electron chi connectivity index (χ4n) is 4.13. The number of ether oxygens (including phenoxy) is 2. The van der Waals surface area contributed by atoms with E-state index in [4.69, 9.17) is 9.47 Å². The average molecular weight is 410 g/mol. The second-order valence-corrected chi connectivity index (χ2v) is 8.32. The summed E-state index contributed by atoms with van der Waals surface area (Å²) < 4.78 is 11.3. The number of piperazine rings is 1. The Balaban J connectivity index is 1.34. The Bertz CT molecular complexity index is 872. The minimum absolute atomic E-state index is 0.0499. The molecular formula is C24H31N3O3. The van der Waals surface area contributed by atoms with Crippen molar-refractivity contribution in [2.75, 3.05) is 50.9 Å². The number of pyridine rings is 1. The smallest absolute Gasteiger partial charge is 0.254 e. The van der Waals surface area contributed by atoms with E-state index < -0.39 is 0 Å². The van der Waals surface area contributed by atoms with Gasteiger partial charge in [-0.05, 0) is 55.9 Å². The molecule has 0 N–H and O–H groups in total. The number of rotatable bonds is 5. The van der Waals surface area contributed by atoms with Crippen LogP contribution in [0.3, 0.4) is 0 Å². The number of anilines is 1.